The minimum absolute atomic E-state index is 0.0636. The van der Waals surface area contributed by atoms with Crippen molar-refractivity contribution in [3.8, 4) is 22.3 Å². The molecule has 558 valence electrons. The number of likely N-dealkylation sites (tertiary alicyclic amines) is 4. The minimum Gasteiger partial charge on any atom is -0.453 e. The first-order chi connectivity index (χ1) is 50.9. The van der Waals surface area contributed by atoms with Gasteiger partial charge in [-0.3, -0.25) is 43.7 Å². The van der Waals surface area contributed by atoms with E-state index in [0.717, 1.165) is 44.8 Å². The van der Waals surface area contributed by atoms with E-state index in [2.05, 4.69) is 71.4 Å². The van der Waals surface area contributed by atoms with Crippen molar-refractivity contribution in [1.82, 2.24) is 55.5 Å². The highest BCUT2D eigenvalue weighted by Crippen LogP contribution is 2.31. The molecule has 4 saturated heterocycles. The van der Waals surface area contributed by atoms with E-state index in [1.807, 2.05) is 119 Å². The van der Waals surface area contributed by atoms with E-state index < -0.39 is 66.5 Å². The third-order valence-corrected chi connectivity index (χ3v) is 19.4. The van der Waals surface area contributed by atoms with Gasteiger partial charge in [-0.1, -0.05) is 96.1 Å². The molecule has 4 aliphatic rings. The number of alkyl carbamates (subject to hydrolysis) is 3. The molecule has 29 nitrogen and oxygen atoms in total. The smallest absolute Gasteiger partial charge is 0.407 e. The van der Waals surface area contributed by atoms with Crippen LogP contribution in [0.15, 0.2) is 128 Å². The molecular formula is C77H91N15O14. The van der Waals surface area contributed by atoms with E-state index in [0.29, 0.717) is 99.5 Å². The Morgan fingerprint density at radius 2 is 0.821 bits per heavy atom. The van der Waals surface area contributed by atoms with Gasteiger partial charge in [0.05, 0.1) is 33.3 Å². The summed E-state index contributed by atoms with van der Waals surface area (Å²) in [5.41, 5.74) is 5.46. The zero-order chi connectivity index (χ0) is 75.9. The predicted molar refractivity (Wildman–Crippen MR) is 396 cm³/mol. The lowest BCUT2D eigenvalue weighted by atomic mass is 10.0. The lowest BCUT2D eigenvalue weighted by molar-refractivity contribution is -0.139. The lowest BCUT2D eigenvalue weighted by Gasteiger charge is -2.30. The van der Waals surface area contributed by atoms with Crippen LogP contribution in [0.1, 0.15) is 98.5 Å². The Morgan fingerprint density at radius 3 is 1.32 bits per heavy atom. The Morgan fingerprint density at radius 1 is 0.415 bits per heavy atom. The van der Waals surface area contributed by atoms with Gasteiger partial charge in [-0.25, -0.2) is 34.3 Å². The third kappa shape index (κ3) is 18.8. The van der Waals surface area contributed by atoms with E-state index >= 15 is 0 Å². The van der Waals surface area contributed by atoms with E-state index in [4.69, 9.17) is 0 Å². The van der Waals surface area contributed by atoms with Crippen molar-refractivity contribution in [3.63, 3.8) is 0 Å². The number of carbonyl (C=O) groups excluding carboxylic acids is 11. The summed E-state index contributed by atoms with van der Waals surface area (Å²) < 4.78 is 14.0. The van der Waals surface area contributed by atoms with Gasteiger partial charge >= 0.3 is 18.3 Å². The van der Waals surface area contributed by atoms with Crippen molar-refractivity contribution < 1.29 is 67.0 Å². The Labute approximate surface area is 614 Å². The second-order valence-electron chi connectivity index (χ2n) is 27.6. The van der Waals surface area contributed by atoms with Crippen molar-refractivity contribution >= 4 is 110 Å². The maximum atomic E-state index is 13.4. The van der Waals surface area contributed by atoms with Gasteiger partial charge in [0.15, 0.2) is 0 Å². The molecule has 0 radical (unpaired) electrons. The van der Waals surface area contributed by atoms with Crippen LogP contribution in [0.2, 0.25) is 0 Å². The van der Waals surface area contributed by atoms with Crippen molar-refractivity contribution in [1.29, 1.82) is 0 Å². The second kappa shape index (κ2) is 35.2. The number of ether oxygens (including phenoxy) is 3. The third-order valence-electron chi connectivity index (χ3n) is 19.4. The van der Waals surface area contributed by atoms with Crippen molar-refractivity contribution in [2.45, 2.75) is 142 Å². The number of benzene rings is 4. The molecule has 4 aliphatic heterocycles. The number of hydrogen-bond acceptors (Lipinski definition) is 18. The summed E-state index contributed by atoms with van der Waals surface area (Å²) in [5.74, 6) is -2.12. The number of rotatable bonds is 21. The average molecular weight is 1450 g/mol. The first-order valence-electron chi connectivity index (χ1n) is 35.7. The van der Waals surface area contributed by atoms with Crippen LogP contribution in [-0.2, 0) is 59.0 Å². The fraction of sp³-hybridized carbons (Fsp3) is 0.416. The molecular weight excluding hydrogens is 1360 g/mol. The summed E-state index contributed by atoms with van der Waals surface area (Å²) in [6, 6.07) is 28.7. The molecule has 106 heavy (non-hydrogen) atoms. The number of amides is 11. The number of methoxy groups -OCH3 is 3. The van der Waals surface area contributed by atoms with Crippen LogP contribution >= 0.6 is 0 Å². The molecule has 4 fully saturated rings. The number of fused-ring (bicyclic) bond motifs is 2. The number of pyridine rings is 2. The minimum atomic E-state index is -0.837. The first-order valence-corrected chi connectivity index (χ1v) is 35.7. The Balaban J connectivity index is 0.000000227. The summed E-state index contributed by atoms with van der Waals surface area (Å²) in [4.78, 5) is 166. The standard InChI is InChI=1S/C39H43N7O6.C38H48N8O8/c1-24(2)35(44-39(51)52-3)38(50)46-20-8-12-31(46)37(49)42-32-17-15-28(23-40-32)26-13-16-29-27(22-26)14-18-33(41-29)43-36(48)30-11-7-19-45(30)34(47)21-25-9-5-4-6-10-25;1-21(2)30(42-37(51)53-5)34(49)45-15-7-9-28(45)32(47)41-27-14-13-23-17-24(11-12-25(23)18-27)26-19-39-36(40-20-26)44-33(48)29-10-8-16-46(29)35(50)31(22(3)4)43-38(52)54-6/h4-6,9-10,13-18,22-24,30-31,35H,7-8,11-12,19-21H2,1-3H3,(H,44,51)(H,40,42,49)(H,41,43,48);11-14,17-22,28-31H,7-10,15-16H2,1-6H3,(H,41,47)(H,42,51)(H,43,52)(H,39,40,44,48)/t30-,31-,35-;28-,29-,30-,31-/m00/s1. The van der Waals surface area contributed by atoms with Crippen LogP contribution in [-0.4, -0.2) is 195 Å². The van der Waals surface area contributed by atoms with Crippen LogP contribution in [0.4, 0.5) is 37.7 Å². The summed E-state index contributed by atoms with van der Waals surface area (Å²) in [5, 5.41) is 21.8. The monoisotopic (exact) mass is 1450 g/mol. The molecule has 0 bridgehead atoms. The molecule has 3 aromatic heterocycles. The fourth-order valence-electron chi connectivity index (χ4n) is 13.6. The highest BCUT2D eigenvalue weighted by molar-refractivity contribution is 6.03. The number of aromatic nitrogens is 4. The van der Waals surface area contributed by atoms with Gasteiger partial charge < -0.3 is 65.7 Å². The van der Waals surface area contributed by atoms with Gasteiger partial charge in [-0.2, -0.15) is 0 Å². The summed E-state index contributed by atoms with van der Waals surface area (Å²) in [7, 11) is 3.70. The number of nitrogens with one attached hydrogen (secondary N) is 7. The maximum Gasteiger partial charge on any atom is 0.407 e. The normalized spacial score (nSPS) is 17.7. The van der Waals surface area contributed by atoms with Gasteiger partial charge in [0, 0.05) is 67.0 Å². The lowest BCUT2D eigenvalue weighted by Crippen LogP contribution is -2.54. The molecule has 0 unspecified atom stereocenters. The molecule has 29 heteroatoms. The first kappa shape index (κ1) is 77.0. The van der Waals surface area contributed by atoms with Crippen molar-refractivity contribution in [3.05, 3.63) is 133 Å². The zero-order valence-corrected chi connectivity index (χ0v) is 60.9. The average Bonchev–Trinajstić information content (AvgIpc) is 1.07. The number of anilines is 4. The predicted octanol–water partition coefficient (Wildman–Crippen LogP) is 8.70. The van der Waals surface area contributed by atoms with Gasteiger partial charge in [0.25, 0.3) is 0 Å². The molecule has 11 rings (SSSR count). The SMILES string of the molecule is COC(=O)N[C@H](C(=O)N1CCC[C@H]1C(=O)Nc1ccc(-c2ccc3nc(NC(=O)[C@@H]4CCCN4C(=O)Cc4ccccc4)ccc3c2)cn1)C(C)C.COC(=O)N[C@H](C(=O)N1CCC[C@H]1C(=O)Nc1ccc2cc(-c3cnc(NC(=O)[C@@H]4CCCN4C(=O)[C@@H](NC(=O)OC)C(C)C)nc3)ccc2c1)C(C)C. The molecule has 7 atom stereocenters. The van der Waals surface area contributed by atoms with Crippen LogP contribution in [0, 0.1) is 17.8 Å². The number of hydrogen-bond donors (Lipinski definition) is 7. The van der Waals surface area contributed by atoms with Gasteiger partial charge in [-0.15, -0.1) is 0 Å². The van der Waals surface area contributed by atoms with Crippen LogP contribution in [0.3, 0.4) is 0 Å². The molecule has 0 aliphatic carbocycles. The molecule has 4 aromatic carbocycles. The van der Waals surface area contributed by atoms with Crippen molar-refractivity contribution in [2.24, 2.45) is 17.8 Å². The molecule has 7 N–H and O–H groups in total. The molecule has 7 heterocycles. The molecule has 11 amide bonds. The van der Waals surface area contributed by atoms with E-state index in [-0.39, 0.29) is 71.5 Å². The summed E-state index contributed by atoms with van der Waals surface area (Å²) in [6.45, 7) is 12.7. The van der Waals surface area contributed by atoms with Gasteiger partial charge in [-0.05, 0) is 151 Å². The summed E-state index contributed by atoms with van der Waals surface area (Å²) >= 11 is 0. The topological polar surface area (TPSA) is 364 Å². The highest BCUT2D eigenvalue weighted by Gasteiger charge is 2.43. The summed E-state index contributed by atoms with van der Waals surface area (Å²) in [6.07, 6.45) is 7.83. The fourth-order valence-corrected chi connectivity index (χ4v) is 13.6. The number of nitrogens with zero attached hydrogens (tertiary/aromatic N) is 8. The van der Waals surface area contributed by atoms with E-state index in [1.165, 1.54) is 36.0 Å². The molecule has 0 spiro atoms. The largest absolute Gasteiger partial charge is 0.453 e. The molecule has 7 aromatic rings. The molecule has 0 saturated carbocycles. The van der Waals surface area contributed by atoms with Gasteiger partial charge in [0.2, 0.25) is 53.2 Å². The maximum absolute atomic E-state index is 13.4. The highest BCUT2D eigenvalue weighted by atomic mass is 16.5. The van der Waals surface area contributed by atoms with Crippen molar-refractivity contribution in [2.75, 3.05) is 68.8 Å². The van der Waals surface area contributed by atoms with E-state index in [1.54, 1.807) is 55.5 Å². The Hall–Kier alpha value is -11.7. The van der Waals surface area contributed by atoms with Crippen LogP contribution in [0.5, 0.6) is 0 Å². The zero-order valence-electron chi connectivity index (χ0n) is 60.9. The Bertz CT molecular complexity index is 4390. The number of carbonyl (C=O) groups is 11. The van der Waals surface area contributed by atoms with E-state index in [9.17, 15) is 52.7 Å². The quantitative estimate of drug-likeness (QED) is 0.0331. The second-order valence-corrected chi connectivity index (χ2v) is 27.6. The van der Waals surface area contributed by atoms with Crippen LogP contribution < -0.4 is 37.2 Å². The van der Waals surface area contributed by atoms with Crippen LogP contribution in [0.25, 0.3) is 43.9 Å². The van der Waals surface area contributed by atoms with Gasteiger partial charge in [0.1, 0.15) is 53.9 Å². The Kier molecular flexibility index (Phi) is 25.6.